The Morgan fingerprint density at radius 1 is 1.28 bits per heavy atom. The van der Waals surface area contributed by atoms with Gasteiger partial charge in [0.25, 0.3) is 5.91 Å². The van der Waals surface area contributed by atoms with Crippen LogP contribution in [0.3, 0.4) is 0 Å². The number of amides is 2. The lowest BCUT2D eigenvalue weighted by molar-refractivity contribution is -0.122. The Morgan fingerprint density at radius 3 is 2.66 bits per heavy atom. The van der Waals surface area contributed by atoms with Gasteiger partial charge in [-0.05, 0) is 56.5 Å². The average molecular weight is 423 g/mol. The van der Waals surface area contributed by atoms with Crippen LogP contribution in [0.2, 0.25) is 0 Å². The van der Waals surface area contributed by atoms with E-state index in [0.717, 1.165) is 17.4 Å². The second-order valence-electron chi connectivity index (χ2n) is 8.01. The number of benzene rings is 1. The maximum absolute atomic E-state index is 12.7. The largest absolute Gasteiger partial charge is 0.354 e. The molecule has 0 aliphatic carbocycles. The van der Waals surface area contributed by atoms with Crippen molar-refractivity contribution in [3.05, 3.63) is 29.8 Å². The molecule has 2 heterocycles. The van der Waals surface area contributed by atoms with Crippen molar-refractivity contribution in [3.8, 4) is 0 Å². The summed E-state index contributed by atoms with van der Waals surface area (Å²) in [6.45, 7) is 7.38. The van der Waals surface area contributed by atoms with E-state index in [1.807, 2.05) is 0 Å². The number of carbonyl (C=O) groups is 2. The monoisotopic (exact) mass is 422 g/mol. The zero-order chi connectivity index (χ0) is 21.0. The van der Waals surface area contributed by atoms with Crippen molar-refractivity contribution in [3.63, 3.8) is 0 Å². The molecule has 0 aromatic heterocycles. The van der Waals surface area contributed by atoms with Gasteiger partial charge in [-0.25, -0.2) is 8.42 Å². The quantitative estimate of drug-likeness (QED) is 0.702. The number of hydrogen-bond acceptors (Lipinski definition) is 5. The van der Waals surface area contributed by atoms with Crippen LogP contribution < -0.4 is 10.6 Å². The van der Waals surface area contributed by atoms with Crippen LogP contribution in [-0.2, 0) is 14.8 Å². The summed E-state index contributed by atoms with van der Waals surface area (Å²) in [6, 6.07) is 6.13. The molecule has 160 valence electrons. The first-order chi connectivity index (χ1) is 13.8. The van der Waals surface area contributed by atoms with Crippen LogP contribution in [0.5, 0.6) is 0 Å². The van der Waals surface area contributed by atoms with E-state index >= 15 is 0 Å². The molecule has 3 rings (SSSR count). The number of piperidine rings is 1. The average Bonchev–Trinajstić information content (AvgIpc) is 2.72. The van der Waals surface area contributed by atoms with E-state index in [2.05, 4.69) is 29.4 Å². The normalized spacial score (nSPS) is 22.7. The maximum atomic E-state index is 12.7. The van der Waals surface area contributed by atoms with Gasteiger partial charge in [-0.2, -0.15) is 4.31 Å². The van der Waals surface area contributed by atoms with Gasteiger partial charge < -0.3 is 10.6 Å². The Bertz CT molecular complexity index is 841. The van der Waals surface area contributed by atoms with Crippen LogP contribution in [0.1, 0.15) is 37.0 Å². The van der Waals surface area contributed by atoms with Gasteiger partial charge in [-0.1, -0.05) is 6.92 Å². The molecule has 0 unspecified atom stereocenters. The first-order valence-corrected chi connectivity index (χ1v) is 11.6. The molecule has 0 bridgehead atoms. The molecule has 2 amide bonds. The predicted octanol–water partition coefficient (Wildman–Crippen LogP) is 0.657. The van der Waals surface area contributed by atoms with E-state index < -0.39 is 10.0 Å². The third-order valence-corrected chi connectivity index (χ3v) is 7.49. The highest BCUT2D eigenvalue weighted by Gasteiger charge is 2.29. The number of nitrogens with one attached hydrogen (secondary N) is 2. The number of sulfonamides is 1. The van der Waals surface area contributed by atoms with Crippen molar-refractivity contribution in [1.82, 2.24) is 19.8 Å². The van der Waals surface area contributed by atoms with Crippen LogP contribution in [0.25, 0.3) is 0 Å². The number of rotatable bonds is 6. The highest BCUT2D eigenvalue weighted by atomic mass is 32.2. The fourth-order valence-corrected chi connectivity index (χ4v) is 5.24. The third-order valence-electron chi connectivity index (χ3n) is 5.63. The topological polar surface area (TPSA) is 98.8 Å². The zero-order valence-corrected chi connectivity index (χ0v) is 17.9. The lowest BCUT2D eigenvalue weighted by Gasteiger charge is -2.35. The molecule has 1 aromatic carbocycles. The Labute approximate surface area is 172 Å². The maximum Gasteiger partial charge on any atom is 0.251 e. The molecule has 1 aromatic rings. The van der Waals surface area contributed by atoms with Gasteiger partial charge >= 0.3 is 0 Å². The fourth-order valence-electron chi connectivity index (χ4n) is 3.85. The van der Waals surface area contributed by atoms with Gasteiger partial charge in [0, 0.05) is 37.8 Å². The molecule has 2 aliphatic heterocycles. The van der Waals surface area contributed by atoms with Gasteiger partial charge in [0.2, 0.25) is 15.9 Å². The molecule has 0 radical (unpaired) electrons. The van der Waals surface area contributed by atoms with E-state index in [1.54, 1.807) is 0 Å². The van der Waals surface area contributed by atoms with Crippen molar-refractivity contribution in [1.29, 1.82) is 0 Å². The van der Waals surface area contributed by atoms with Crippen LogP contribution in [0, 0.1) is 5.92 Å². The SMILES string of the molecule is C[C@@H]1CCCN([C@H](C)CNC(=O)c2ccc(S(=O)(=O)N3CCNC(=O)C3)cc2)C1. The smallest absolute Gasteiger partial charge is 0.251 e. The zero-order valence-electron chi connectivity index (χ0n) is 17.1. The standard InChI is InChI=1S/C20H30N4O4S/c1-15-4-3-10-23(13-15)16(2)12-22-20(26)17-5-7-18(8-6-17)29(27,28)24-11-9-21-19(25)14-24/h5-8,15-16H,3-4,9-14H2,1-2H3,(H,21,25)(H,22,26)/t15-,16-/m1/s1. The molecule has 0 spiro atoms. The fraction of sp³-hybridized carbons (Fsp3) is 0.600. The summed E-state index contributed by atoms with van der Waals surface area (Å²) in [5.41, 5.74) is 0.416. The molecule has 8 nitrogen and oxygen atoms in total. The lowest BCUT2D eigenvalue weighted by Crippen LogP contribution is -2.49. The van der Waals surface area contributed by atoms with E-state index in [4.69, 9.17) is 0 Å². The summed E-state index contributed by atoms with van der Waals surface area (Å²) < 4.78 is 26.5. The molecule has 2 aliphatic rings. The molecule has 0 saturated carbocycles. The number of carbonyl (C=O) groups excluding carboxylic acids is 2. The van der Waals surface area contributed by atoms with Gasteiger partial charge in [0.05, 0.1) is 11.4 Å². The van der Waals surface area contributed by atoms with E-state index in [9.17, 15) is 18.0 Å². The molecular formula is C20H30N4O4S. The minimum absolute atomic E-state index is 0.0828. The summed E-state index contributed by atoms with van der Waals surface area (Å²) in [4.78, 5) is 26.4. The summed E-state index contributed by atoms with van der Waals surface area (Å²) in [7, 11) is -3.75. The van der Waals surface area contributed by atoms with Crippen LogP contribution >= 0.6 is 0 Å². The molecule has 2 N–H and O–H groups in total. The van der Waals surface area contributed by atoms with Crippen LogP contribution in [0.15, 0.2) is 29.2 Å². The minimum Gasteiger partial charge on any atom is -0.354 e. The molecule has 2 fully saturated rings. The Morgan fingerprint density at radius 2 is 2.00 bits per heavy atom. The second kappa shape index (κ2) is 9.23. The summed E-state index contributed by atoms with van der Waals surface area (Å²) in [5.74, 6) is 0.152. The van der Waals surface area contributed by atoms with E-state index in [-0.39, 0.29) is 35.8 Å². The molecule has 2 atom stereocenters. The molecule has 29 heavy (non-hydrogen) atoms. The van der Waals surface area contributed by atoms with Crippen molar-refractivity contribution < 1.29 is 18.0 Å². The van der Waals surface area contributed by atoms with Crippen molar-refractivity contribution in [2.75, 3.05) is 39.3 Å². The van der Waals surface area contributed by atoms with Gasteiger partial charge in [0.15, 0.2) is 0 Å². The summed E-state index contributed by atoms with van der Waals surface area (Å²) in [6.07, 6.45) is 2.45. The Kier molecular flexibility index (Phi) is 6.92. The number of likely N-dealkylation sites (tertiary alicyclic amines) is 1. The van der Waals surface area contributed by atoms with Gasteiger partial charge in [-0.3, -0.25) is 14.5 Å². The molecular weight excluding hydrogens is 392 g/mol. The summed E-state index contributed by atoms with van der Waals surface area (Å²) in [5, 5.41) is 5.55. The van der Waals surface area contributed by atoms with E-state index in [1.165, 1.54) is 37.1 Å². The number of hydrogen-bond donors (Lipinski definition) is 2. The first kappa shape index (κ1) is 21.7. The number of piperazine rings is 1. The lowest BCUT2D eigenvalue weighted by atomic mass is 9.99. The predicted molar refractivity (Wildman–Crippen MR) is 110 cm³/mol. The summed E-state index contributed by atoms with van der Waals surface area (Å²) >= 11 is 0. The molecule has 9 heteroatoms. The third kappa shape index (κ3) is 5.34. The highest BCUT2D eigenvalue weighted by Crippen LogP contribution is 2.18. The molecule has 2 saturated heterocycles. The van der Waals surface area contributed by atoms with Gasteiger partial charge in [0.1, 0.15) is 0 Å². The van der Waals surface area contributed by atoms with Crippen LogP contribution in [-0.4, -0.2) is 74.7 Å². The first-order valence-electron chi connectivity index (χ1n) is 10.2. The van der Waals surface area contributed by atoms with Gasteiger partial charge in [-0.15, -0.1) is 0 Å². The number of nitrogens with zero attached hydrogens (tertiary/aromatic N) is 2. The highest BCUT2D eigenvalue weighted by molar-refractivity contribution is 7.89. The van der Waals surface area contributed by atoms with Crippen molar-refractivity contribution in [2.45, 2.75) is 37.6 Å². The Balaban J connectivity index is 1.57. The Hall–Kier alpha value is -1.97. The van der Waals surface area contributed by atoms with Crippen LogP contribution in [0.4, 0.5) is 0 Å². The van der Waals surface area contributed by atoms with Crippen molar-refractivity contribution in [2.24, 2.45) is 5.92 Å². The van der Waals surface area contributed by atoms with E-state index in [0.29, 0.717) is 24.6 Å². The minimum atomic E-state index is -3.75. The van der Waals surface area contributed by atoms with Crippen molar-refractivity contribution >= 4 is 21.8 Å². The second-order valence-corrected chi connectivity index (χ2v) is 9.95.